The molecule has 1 aliphatic carbocycles. The number of hydrogen-bond acceptors (Lipinski definition) is 9. The molecule has 39 heavy (non-hydrogen) atoms. The maximum atomic E-state index is 13.3. The van der Waals surface area contributed by atoms with Gasteiger partial charge < -0.3 is 28.8 Å². The molecule has 0 aromatic heterocycles. The van der Waals surface area contributed by atoms with E-state index in [1.54, 1.807) is 48.7 Å². The molecule has 0 spiro atoms. The standard InChI is InChI=1S/C29H43NO9/c1-28(2,3)38-26(33)30-17-23(36-27(34)39-29(4,5)6)24(37-25(32)19-10-12-20(31)13-11-19)22(30)16-18-8-14-21(35-7)15-9-18/h8-9,14-15,19-20,22-24,31H,10-13,16-17H2,1-7H3/t19?,20?,22-,23+,24+/m1/s1. The number of nitrogens with zero attached hydrogens (tertiary/aromatic N) is 1. The van der Waals surface area contributed by atoms with E-state index in [1.165, 1.54) is 4.90 Å². The zero-order valence-corrected chi connectivity index (χ0v) is 24.1. The number of amides is 1. The second-order valence-corrected chi connectivity index (χ2v) is 12.3. The maximum Gasteiger partial charge on any atom is 0.509 e. The van der Waals surface area contributed by atoms with Gasteiger partial charge in [0.1, 0.15) is 17.0 Å². The van der Waals surface area contributed by atoms with E-state index in [4.69, 9.17) is 23.7 Å². The zero-order chi connectivity index (χ0) is 29.0. The van der Waals surface area contributed by atoms with Crippen molar-refractivity contribution in [1.29, 1.82) is 0 Å². The summed E-state index contributed by atoms with van der Waals surface area (Å²) < 4.78 is 28.0. The van der Waals surface area contributed by atoms with Crippen LogP contribution in [-0.4, -0.2) is 77.4 Å². The van der Waals surface area contributed by atoms with Crippen molar-refractivity contribution in [3.8, 4) is 5.75 Å². The van der Waals surface area contributed by atoms with Gasteiger partial charge in [0.15, 0.2) is 12.2 Å². The Balaban J connectivity index is 1.92. The van der Waals surface area contributed by atoms with Crippen molar-refractivity contribution in [1.82, 2.24) is 4.90 Å². The minimum Gasteiger partial charge on any atom is -0.497 e. The lowest BCUT2D eigenvalue weighted by molar-refractivity contribution is -0.162. The Morgan fingerprint density at radius 1 is 0.897 bits per heavy atom. The second-order valence-electron chi connectivity index (χ2n) is 12.3. The van der Waals surface area contributed by atoms with Gasteiger partial charge in [-0.25, -0.2) is 9.59 Å². The van der Waals surface area contributed by atoms with E-state index in [9.17, 15) is 19.5 Å². The highest BCUT2D eigenvalue weighted by molar-refractivity contribution is 5.74. The molecule has 1 aromatic carbocycles. The lowest BCUT2D eigenvalue weighted by Crippen LogP contribution is -2.46. The van der Waals surface area contributed by atoms with Gasteiger partial charge in [0.05, 0.1) is 31.7 Å². The van der Waals surface area contributed by atoms with Crippen LogP contribution in [0, 0.1) is 5.92 Å². The average Bonchev–Trinajstić information content (AvgIpc) is 3.14. The molecule has 218 valence electrons. The number of aliphatic hydroxyl groups is 1. The van der Waals surface area contributed by atoms with Crippen molar-refractivity contribution >= 4 is 18.2 Å². The highest BCUT2D eigenvalue weighted by Crippen LogP contribution is 2.32. The van der Waals surface area contributed by atoms with Crippen molar-refractivity contribution in [3.63, 3.8) is 0 Å². The van der Waals surface area contributed by atoms with Crippen LogP contribution in [0.4, 0.5) is 9.59 Å². The molecule has 2 fully saturated rings. The highest BCUT2D eigenvalue weighted by atomic mass is 16.7. The summed E-state index contributed by atoms with van der Waals surface area (Å²) >= 11 is 0. The Morgan fingerprint density at radius 3 is 2.03 bits per heavy atom. The van der Waals surface area contributed by atoms with Crippen molar-refractivity contribution in [2.75, 3.05) is 13.7 Å². The fraction of sp³-hybridized carbons (Fsp3) is 0.690. The summed E-state index contributed by atoms with van der Waals surface area (Å²) in [6.45, 7) is 10.4. The monoisotopic (exact) mass is 549 g/mol. The van der Waals surface area contributed by atoms with E-state index in [0.29, 0.717) is 37.9 Å². The minimum absolute atomic E-state index is 0.0314. The first-order valence-electron chi connectivity index (χ1n) is 13.6. The number of benzene rings is 1. The lowest BCUT2D eigenvalue weighted by Gasteiger charge is -2.31. The summed E-state index contributed by atoms with van der Waals surface area (Å²) in [7, 11) is 1.58. The summed E-state index contributed by atoms with van der Waals surface area (Å²) in [5.41, 5.74) is -0.687. The Morgan fingerprint density at radius 2 is 1.49 bits per heavy atom. The van der Waals surface area contributed by atoms with Gasteiger partial charge in [-0.1, -0.05) is 12.1 Å². The van der Waals surface area contributed by atoms with Crippen molar-refractivity contribution in [2.45, 2.75) is 109 Å². The van der Waals surface area contributed by atoms with Gasteiger partial charge in [-0.05, 0) is 91.3 Å². The number of ether oxygens (including phenoxy) is 5. The van der Waals surface area contributed by atoms with Crippen molar-refractivity contribution in [2.24, 2.45) is 5.92 Å². The number of aliphatic hydroxyl groups excluding tert-OH is 1. The van der Waals surface area contributed by atoms with E-state index in [-0.39, 0.29) is 12.5 Å². The number of carbonyl (C=O) groups excluding carboxylic acids is 3. The zero-order valence-electron chi connectivity index (χ0n) is 24.1. The van der Waals surface area contributed by atoms with Gasteiger partial charge in [-0.3, -0.25) is 9.69 Å². The van der Waals surface area contributed by atoms with E-state index >= 15 is 0 Å². The van der Waals surface area contributed by atoms with Gasteiger partial charge in [0, 0.05) is 0 Å². The number of rotatable bonds is 6. The number of hydrogen-bond donors (Lipinski definition) is 1. The Kier molecular flexibility index (Phi) is 9.74. The normalized spacial score (nSPS) is 25.5. The third-order valence-electron chi connectivity index (χ3n) is 6.67. The van der Waals surface area contributed by atoms with Crippen molar-refractivity contribution in [3.05, 3.63) is 29.8 Å². The Hall–Kier alpha value is -3.01. The summed E-state index contributed by atoms with van der Waals surface area (Å²) in [5, 5.41) is 9.87. The highest BCUT2D eigenvalue weighted by Gasteiger charge is 2.50. The molecule has 1 aromatic rings. The molecular formula is C29H43NO9. The molecule has 1 N–H and O–H groups in total. The summed E-state index contributed by atoms with van der Waals surface area (Å²) in [6.07, 6.45) is -1.50. The van der Waals surface area contributed by atoms with Crippen molar-refractivity contribution < 1.29 is 43.2 Å². The lowest BCUT2D eigenvalue weighted by atomic mass is 9.87. The minimum atomic E-state index is -0.964. The van der Waals surface area contributed by atoms with Crippen LogP contribution >= 0.6 is 0 Å². The molecule has 3 rings (SSSR count). The fourth-order valence-electron chi connectivity index (χ4n) is 4.82. The first kappa shape index (κ1) is 30.5. The molecule has 10 nitrogen and oxygen atoms in total. The largest absolute Gasteiger partial charge is 0.509 e. The average molecular weight is 550 g/mol. The van der Waals surface area contributed by atoms with Crippen LogP contribution in [-0.2, 0) is 30.2 Å². The predicted octanol–water partition coefficient (Wildman–Crippen LogP) is 4.64. The molecule has 1 saturated heterocycles. The predicted molar refractivity (Wildman–Crippen MR) is 142 cm³/mol. The number of likely N-dealkylation sites (tertiary alicyclic amines) is 1. The molecule has 1 saturated carbocycles. The quantitative estimate of drug-likeness (QED) is 0.399. The van der Waals surface area contributed by atoms with Gasteiger partial charge in [-0.2, -0.15) is 0 Å². The summed E-state index contributed by atoms with van der Waals surface area (Å²) in [6, 6.07) is 6.69. The number of methoxy groups -OCH3 is 1. The Labute approximate surface area is 230 Å². The Bertz CT molecular complexity index is 987. The van der Waals surface area contributed by atoms with Crippen LogP contribution < -0.4 is 4.74 Å². The fourth-order valence-corrected chi connectivity index (χ4v) is 4.82. The SMILES string of the molecule is COc1ccc(C[C@@H]2[C@H](OC(=O)C3CCC(O)CC3)[C@@H](OC(=O)OC(C)(C)C)CN2C(=O)OC(C)(C)C)cc1. The third-order valence-corrected chi connectivity index (χ3v) is 6.67. The van der Waals surface area contributed by atoms with Gasteiger partial charge in [-0.15, -0.1) is 0 Å². The molecule has 0 unspecified atom stereocenters. The van der Waals surface area contributed by atoms with Gasteiger partial charge >= 0.3 is 18.2 Å². The molecule has 3 atom stereocenters. The van der Waals surface area contributed by atoms with E-state index < -0.39 is 53.8 Å². The van der Waals surface area contributed by atoms with Crippen LogP contribution in [0.25, 0.3) is 0 Å². The molecular weight excluding hydrogens is 506 g/mol. The van der Waals surface area contributed by atoms with Crippen LogP contribution in [0.5, 0.6) is 5.75 Å². The van der Waals surface area contributed by atoms with Crippen LogP contribution in [0.1, 0.15) is 72.8 Å². The van der Waals surface area contributed by atoms with E-state index in [2.05, 4.69) is 0 Å². The molecule has 0 bridgehead atoms. The first-order chi connectivity index (χ1) is 18.1. The van der Waals surface area contributed by atoms with Gasteiger partial charge in [0.25, 0.3) is 0 Å². The molecule has 0 radical (unpaired) electrons. The van der Waals surface area contributed by atoms with Crippen LogP contribution in [0.2, 0.25) is 0 Å². The van der Waals surface area contributed by atoms with E-state index in [1.807, 2.05) is 24.3 Å². The smallest absolute Gasteiger partial charge is 0.497 e. The summed E-state index contributed by atoms with van der Waals surface area (Å²) in [4.78, 5) is 40.7. The molecule has 1 heterocycles. The third kappa shape index (κ3) is 9.02. The summed E-state index contributed by atoms with van der Waals surface area (Å²) in [5.74, 6) is -0.133. The maximum absolute atomic E-state index is 13.3. The van der Waals surface area contributed by atoms with Crippen LogP contribution in [0.3, 0.4) is 0 Å². The van der Waals surface area contributed by atoms with E-state index in [0.717, 1.165) is 5.56 Å². The number of carbonyl (C=O) groups is 3. The number of esters is 1. The molecule has 1 amide bonds. The molecule has 10 heteroatoms. The first-order valence-corrected chi connectivity index (χ1v) is 13.6. The van der Waals surface area contributed by atoms with Crippen LogP contribution in [0.15, 0.2) is 24.3 Å². The molecule has 1 aliphatic heterocycles. The van der Waals surface area contributed by atoms with Gasteiger partial charge in [0.2, 0.25) is 0 Å². The molecule has 2 aliphatic rings. The topological polar surface area (TPSA) is 121 Å². The second kappa shape index (κ2) is 12.4.